The fourth-order valence-electron chi connectivity index (χ4n) is 3.74. The van der Waals surface area contributed by atoms with Crippen LogP contribution in [0.15, 0.2) is 48.5 Å². The Morgan fingerprint density at radius 3 is 2.57 bits per heavy atom. The summed E-state index contributed by atoms with van der Waals surface area (Å²) in [6.07, 6.45) is 2.33. The minimum atomic E-state index is -0.225. The summed E-state index contributed by atoms with van der Waals surface area (Å²) >= 11 is 0. The largest absolute Gasteiger partial charge is 0.494 e. The summed E-state index contributed by atoms with van der Waals surface area (Å²) in [6.45, 7) is 4.89. The predicted molar refractivity (Wildman–Crippen MR) is 112 cm³/mol. The minimum absolute atomic E-state index is 0.0346. The van der Waals surface area contributed by atoms with Gasteiger partial charge in [-0.05, 0) is 30.0 Å². The van der Waals surface area contributed by atoms with Gasteiger partial charge in [-0.25, -0.2) is 0 Å². The summed E-state index contributed by atoms with van der Waals surface area (Å²) < 4.78 is 5.50. The van der Waals surface area contributed by atoms with Gasteiger partial charge in [0.05, 0.1) is 18.7 Å². The van der Waals surface area contributed by atoms with Crippen molar-refractivity contribution in [1.82, 2.24) is 0 Å². The van der Waals surface area contributed by atoms with Crippen molar-refractivity contribution >= 4 is 23.2 Å². The number of anilines is 2. The first kappa shape index (κ1) is 19.9. The van der Waals surface area contributed by atoms with Crippen LogP contribution in [0.3, 0.4) is 0 Å². The SMILES string of the molecule is CC[C@H](C)[C@H](C(=O)Nc1ccc(N2CCCC2=O)c(OC)c1)c1ccccc1. The Morgan fingerprint density at radius 1 is 1.21 bits per heavy atom. The van der Waals surface area contributed by atoms with Gasteiger partial charge >= 0.3 is 0 Å². The van der Waals surface area contributed by atoms with Crippen LogP contribution in [-0.2, 0) is 9.59 Å². The zero-order chi connectivity index (χ0) is 20.1. The molecule has 0 unspecified atom stereocenters. The maximum absolute atomic E-state index is 13.1. The van der Waals surface area contributed by atoms with Gasteiger partial charge in [-0.2, -0.15) is 0 Å². The van der Waals surface area contributed by atoms with E-state index >= 15 is 0 Å². The molecule has 0 bridgehead atoms. The summed E-state index contributed by atoms with van der Waals surface area (Å²) in [6, 6.07) is 15.3. The Balaban J connectivity index is 1.83. The minimum Gasteiger partial charge on any atom is -0.494 e. The molecule has 148 valence electrons. The highest BCUT2D eigenvalue weighted by Gasteiger charge is 2.27. The van der Waals surface area contributed by atoms with Crippen LogP contribution in [0.2, 0.25) is 0 Å². The van der Waals surface area contributed by atoms with Gasteiger partial charge in [-0.1, -0.05) is 50.6 Å². The number of rotatable bonds is 7. The topological polar surface area (TPSA) is 58.6 Å². The number of benzene rings is 2. The van der Waals surface area contributed by atoms with E-state index in [1.807, 2.05) is 42.5 Å². The van der Waals surface area contributed by atoms with Crippen LogP contribution in [0.5, 0.6) is 5.75 Å². The summed E-state index contributed by atoms with van der Waals surface area (Å²) in [7, 11) is 1.58. The molecule has 2 aromatic carbocycles. The number of ether oxygens (including phenoxy) is 1. The lowest BCUT2D eigenvalue weighted by atomic mass is 9.85. The number of hydrogen-bond donors (Lipinski definition) is 1. The van der Waals surface area contributed by atoms with Gasteiger partial charge in [0, 0.05) is 24.7 Å². The summed E-state index contributed by atoms with van der Waals surface area (Å²) in [5.74, 6) is 0.652. The average molecular weight is 380 g/mol. The van der Waals surface area contributed by atoms with E-state index in [9.17, 15) is 9.59 Å². The van der Waals surface area contributed by atoms with E-state index in [0.29, 0.717) is 24.4 Å². The lowest BCUT2D eigenvalue weighted by molar-refractivity contribution is -0.119. The quantitative estimate of drug-likeness (QED) is 0.764. The molecule has 5 heteroatoms. The molecule has 1 N–H and O–H groups in total. The van der Waals surface area contributed by atoms with Crippen molar-refractivity contribution in [2.24, 2.45) is 5.92 Å². The smallest absolute Gasteiger partial charge is 0.232 e. The molecule has 2 amide bonds. The van der Waals surface area contributed by atoms with Gasteiger partial charge in [0.25, 0.3) is 0 Å². The van der Waals surface area contributed by atoms with E-state index < -0.39 is 0 Å². The molecule has 0 aliphatic carbocycles. The molecular weight excluding hydrogens is 352 g/mol. The molecule has 0 aromatic heterocycles. The molecular formula is C23H28N2O3. The summed E-state index contributed by atoms with van der Waals surface area (Å²) in [5.41, 5.74) is 2.44. The van der Waals surface area contributed by atoms with Crippen LogP contribution >= 0.6 is 0 Å². The standard InChI is InChI=1S/C23H28N2O3/c1-4-16(2)22(17-9-6-5-7-10-17)23(27)24-18-12-13-19(20(15-18)28-3)25-14-8-11-21(25)26/h5-7,9-10,12-13,15-16,22H,4,8,11,14H2,1-3H3,(H,24,27)/t16-,22-/m0/s1. The Hall–Kier alpha value is -2.82. The molecule has 2 aromatic rings. The molecule has 3 rings (SSSR count). The third-order valence-electron chi connectivity index (χ3n) is 5.47. The number of nitrogens with zero attached hydrogens (tertiary/aromatic N) is 1. The van der Waals surface area contributed by atoms with Crippen LogP contribution < -0.4 is 15.0 Å². The Labute approximate surface area is 166 Å². The van der Waals surface area contributed by atoms with E-state index in [2.05, 4.69) is 19.2 Å². The van der Waals surface area contributed by atoms with E-state index in [0.717, 1.165) is 24.1 Å². The number of carbonyl (C=O) groups excluding carboxylic acids is 2. The molecule has 1 aliphatic heterocycles. The van der Waals surface area contributed by atoms with Crippen molar-refractivity contribution in [3.05, 3.63) is 54.1 Å². The van der Waals surface area contributed by atoms with Crippen molar-refractivity contribution in [3.63, 3.8) is 0 Å². The Kier molecular flexibility index (Phi) is 6.34. The zero-order valence-corrected chi connectivity index (χ0v) is 16.8. The van der Waals surface area contributed by atoms with Gasteiger partial charge in [0.1, 0.15) is 5.75 Å². The second-order valence-electron chi connectivity index (χ2n) is 7.30. The molecule has 1 fully saturated rings. The first-order chi connectivity index (χ1) is 13.5. The fourth-order valence-corrected chi connectivity index (χ4v) is 3.74. The third-order valence-corrected chi connectivity index (χ3v) is 5.47. The van der Waals surface area contributed by atoms with Gasteiger partial charge in [-0.15, -0.1) is 0 Å². The van der Waals surface area contributed by atoms with Gasteiger partial charge < -0.3 is 15.0 Å². The third kappa shape index (κ3) is 4.19. The highest BCUT2D eigenvalue weighted by atomic mass is 16.5. The predicted octanol–water partition coefficient (Wildman–Crippen LogP) is 4.59. The molecule has 28 heavy (non-hydrogen) atoms. The molecule has 5 nitrogen and oxygen atoms in total. The maximum atomic E-state index is 13.1. The number of carbonyl (C=O) groups is 2. The highest BCUT2D eigenvalue weighted by molar-refractivity contribution is 5.99. The molecule has 1 heterocycles. The number of amides is 2. The van der Waals surface area contributed by atoms with Crippen LogP contribution in [0.25, 0.3) is 0 Å². The first-order valence-corrected chi connectivity index (χ1v) is 9.89. The number of nitrogens with one attached hydrogen (secondary N) is 1. The van der Waals surface area contributed by atoms with Crippen molar-refractivity contribution in [2.45, 2.75) is 39.0 Å². The lowest BCUT2D eigenvalue weighted by Gasteiger charge is -2.24. The van der Waals surface area contributed by atoms with Gasteiger partial charge in [0.15, 0.2) is 0 Å². The molecule has 2 atom stereocenters. The van der Waals surface area contributed by atoms with Crippen LogP contribution in [0, 0.1) is 5.92 Å². The number of hydrogen-bond acceptors (Lipinski definition) is 3. The van der Waals surface area contributed by atoms with E-state index in [4.69, 9.17) is 4.74 Å². The summed E-state index contributed by atoms with van der Waals surface area (Å²) in [4.78, 5) is 26.9. The van der Waals surface area contributed by atoms with Crippen LogP contribution in [0.4, 0.5) is 11.4 Å². The van der Waals surface area contributed by atoms with E-state index in [-0.39, 0.29) is 23.7 Å². The average Bonchev–Trinajstić information content (AvgIpc) is 3.14. The number of methoxy groups -OCH3 is 1. The molecule has 1 aliphatic rings. The lowest BCUT2D eigenvalue weighted by Crippen LogP contribution is -2.26. The Morgan fingerprint density at radius 2 is 1.96 bits per heavy atom. The van der Waals surface area contributed by atoms with Crippen molar-refractivity contribution < 1.29 is 14.3 Å². The van der Waals surface area contributed by atoms with Crippen molar-refractivity contribution in [3.8, 4) is 5.75 Å². The zero-order valence-electron chi connectivity index (χ0n) is 16.8. The summed E-state index contributed by atoms with van der Waals surface area (Å²) in [5, 5.41) is 3.04. The second-order valence-corrected chi connectivity index (χ2v) is 7.30. The first-order valence-electron chi connectivity index (χ1n) is 9.89. The van der Waals surface area contributed by atoms with E-state index in [1.165, 1.54) is 0 Å². The molecule has 0 spiro atoms. The van der Waals surface area contributed by atoms with Crippen molar-refractivity contribution in [1.29, 1.82) is 0 Å². The van der Waals surface area contributed by atoms with Crippen molar-refractivity contribution in [2.75, 3.05) is 23.9 Å². The maximum Gasteiger partial charge on any atom is 0.232 e. The van der Waals surface area contributed by atoms with Gasteiger partial charge in [0.2, 0.25) is 11.8 Å². The molecule has 1 saturated heterocycles. The van der Waals surface area contributed by atoms with Crippen LogP contribution in [-0.4, -0.2) is 25.5 Å². The van der Waals surface area contributed by atoms with Crippen LogP contribution in [0.1, 0.15) is 44.6 Å². The Bertz CT molecular complexity index is 835. The van der Waals surface area contributed by atoms with E-state index in [1.54, 1.807) is 18.1 Å². The highest BCUT2D eigenvalue weighted by Crippen LogP contribution is 2.35. The van der Waals surface area contributed by atoms with Gasteiger partial charge in [-0.3, -0.25) is 9.59 Å². The second kappa shape index (κ2) is 8.91. The normalized spacial score (nSPS) is 16.0. The molecule has 0 saturated carbocycles. The monoisotopic (exact) mass is 380 g/mol. The molecule has 0 radical (unpaired) electrons. The fraction of sp³-hybridized carbons (Fsp3) is 0.391.